The maximum absolute atomic E-state index is 12.1. The van der Waals surface area contributed by atoms with Gasteiger partial charge in [-0.3, -0.25) is 9.59 Å². The molecule has 0 saturated heterocycles. The highest BCUT2D eigenvalue weighted by Crippen LogP contribution is 2.09. The molecule has 1 rings (SSSR count). The third-order valence-corrected chi connectivity index (χ3v) is 2.37. The Balaban J connectivity index is 2.87. The van der Waals surface area contributed by atoms with Gasteiger partial charge in [-0.2, -0.15) is 0 Å². The predicted molar refractivity (Wildman–Crippen MR) is 67.6 cm³/mol. The number of aromatic nitrogens is 1. The first-order chi connectivity index (χ1) is 8.40. The molecule has 0 saturated carbocycles. The van der Waals surface area contributed by atoms with E-state index < -0.39 is 11.9 Å². The normalized spacial score (nSPS) is 10.4. The van der Waals surface area contributed by atoms with E-state index in [4.69, 9.17) is 16.7 Å². The maximum Gasteiger partial charge on any atom is 0.323 e. The molecule has 5 nitrogen and oxygen atoms in total. The van der Waals surface area contributed by atoms with Crippen LogP contribution in [0.15, 0.2) is 18.3 Å². The number of pyridine rings is 1. The number of carbonyl (C=O) groups is 2. The summed E-state index contributed by atoms with van der Waals surface area (Å²) in [7, 11) is 0. The summed E-state index contributed by atoms with van der Waals surface area (Å²) in [5, 5.41) is 9.23. The maximum atomic E-state index is 12.1. The standard InChI is InChI=1S/C12H15ClN2O3/c1-8(2)6-15(7-11(16)17)12(18)10-4-3-9(13)5-14-10/h3-5,8H,6-7H2,1-2H3,(H,16,17). The molecule has 0 aliphatic carbocycles. The molecular weight excluding hydrogens is 256 g/mol. The van der Waals surface area contributed by atoms with Crippen LogP contribution >= 0.6 is 11.6 Å². The molecule has 0 aliphatic rings. The Morgan fingerprint density at radius 3 is 2.56 bits per heavy atom. The first-order valence-corrected chi connectivity index (χ1v) is 5.90. The van der Waals surface area contributed by atoms with E-state index in [0.29, 0.717) is 11.6 Å². The zero-order valence-corrected chi connectivity index (χ0v) is 11.0. The number of carboxylic acids is 1. The van der Waals surface area contributed by atoms with Crippen LogP contribution in [0.2, 0.25) is 5.02 Å². The fourth-order valence-corrected chi connectivity index (χ4v) is 1.60. The van der Waals surface area contributed by atoms with Gasteiger partial charge >= 0.3 is 5.97 Å². The molecule has 1 heterocycles. The Morgan fingerprint density at radius 2 is 2.11 bits per heavy atom. The van der Waals surface area contributed by atoms with Crippen LogP contribution in [-0.2, 0) is 4.79 Å². The van der Waals surface area contributed by atoms with E-state index >= 15 is 0 Å². The van der Waals surface area contributed by atoms with Crippen molar-refractivity contribution in [2.24, 2.45) is 5.92 Å². The number of hydrogen-bond donors (Lipinski definition) is 1. The molecule has 0 atom stereocenters. The van der Waals surface area contributed by atoms with Gasteiger partial charge in [0.05, 0.1) is 5.02 Å². The lowest BCUT2D eigenvalue weighted by molar-refractivity contribution is -0.137. The highest BCUT2D eigenvalue weighted by molar-refractivity contribution is 6.30. The molecule has 0 fully saturated rings. The summed E-state index contributed by atoms with van der Waals surface area (Å²) in [6, 6.07) is 3.04. The van der Waals surface area contributed by atoms with E-state index in [9.17, 15) is 9.59 Å². The molecule has 0 spiro atoms. The molecule has 1 aromatic heterocycles. The van der Waals surface area contributed by atoms with Crippen molar-refractivity contribution in [3.63, 3.8) is 0 Å². The summed E-state index contributed by atoms with van der Waals surface area (Å²) in [4.78, 5) is 28.0. The molecule has 0 unspecified atom stereocenters. The van der Waals surface area contributed by atoms with Gasteiger partial charge in [0.1, 0.15) is 12.2 Å². The fourth-order valence-electron chi connectivity index (χ4n) is 1.49. The highest BCUT2D eigenvalue weighted by Gasteiger charge is 2.20. The second kappa shape index (κ2) is 6.35. The largest absolute Gasteiger partial charge is 0.480 e. The summed E-state index contributed by atoms with van der Waals surface area (Å²) in [6.07, 6.45) is 1.36. The van der Waals surface area contributed by atoms with Crippen LogP contribution < -0.4 is 0 Å². The number of amides is 1. The average Bonchev–Trinajstić information content (AvgIpc) is 2.27. The molecule has 0 bridgehead atoms. The second-order valence-corrected chi connectivity index (χ2v) is 4.77. The first-order valence-electron chi connectivity index (χ1n) is 5.52. The second-order valence-electron chi connectivity index (χ2n) is 4.33. The van der Waals surface area contributed by atoms with Gasteiger partial charge < -0.3 is 10.0 Å². The Kier molecular flexibility index (Phi) is 5.09. The summed E-state index contributed by atoms with van der Waals surface area (Å²) in [5.74, 6) is -1.26. The van der Waals surface area contributed by atoms with Crippen molar-refractivity contribution in [1.82, 2.24) is 9.88 Å². The molecule has 1 N–H and O–H groups in total. The number of hydrogen-bond acceptors (Lipinski definition) is 3. The Labute approximate surface area is 110 Å². The molecule has 0 radical (unpaired) electrons. The molecule has 0 aliphatic heterocycles. The van der Waals surface area contributed by atoms with Gasteiger partial charge in [-0.25, -0.2) is 4.98 Å². The highest BCUT2D eigenvalue weighted by atomic mass is 35.5. The van der Waals surface area contributed by atoms with Gasteiger partial charge in [0, 0.05) is 12.7 Å². The minimum atomic E-state index is -1.04. The van der Waals surface area contributed by atoms with Crippen molar-refractivity contribution < 1.29 is 14.7 Å². The smallest absolute Gasteiger partial charge is 0.323 e. The van der Waals surface area contributed by atoms with Crippen LogP contribution in [0.4, 0.5) is 0 Å². The number of rotatable bonds is 5. The van der Waals surface area contributed by atoms with Crippen molar-refractivity contribution in [3.05, 3.63) is 29.0 Å². The molecule has 98 valence electrons. The minimum absolute atomic E-state index is 0.181. The number of carboxylic acid groups (broad SMARTS) is 1. The van der Waals surface area contributed by atoms with Crippen LogP contribution in [0, 0.1) is 5.92 Å². The van der Waals surface area contributed by atoms with Gasteiger partial charge in [-0.15, -0.1) is 0 Å². The summed E-state index contributed by atoms with van der Waals surface area (Å²) in [5.41, 5.74) is 0.196. The number of aliphatic carboxylic acids is 1. The first kappa shape index (κ1) is 14.4. The lowest BCUT2D eigenvalue weighted by atomic mass is 10.2. The van der Waals surface area contributed by atoms with Crippen molar-refractivity contribution in [1.29, 1.82) is 0 Å². The zero-order valence-electron chi connectivity index (χ0n) is 10.3. The van der Waals surface area contributed by atoms with E-state index in [2.05, 4.69) is 4.98 Å². The topological polar surface area (TPSA) is 70.5 Å². The van der Waals surface area contributed by atoms with Crippen LogP contribution in [0.1, 0.15) is 24.3 Å². The summed E-state index contributed by atoms with van der Waals surface area (Å²) >= 11 is 5.68. The zero-order chi connectivity index (χ0) is 13.7. The fraction of sp³-hybridized carbons (Fsp3) is 0.417. The number of halogens is 1. The average molecular weight is 271 g/mol. The van der Waals surface area contributed by atoms with E-state index in [1.165, 1.54) is 17.2 Å². The van der Waals surface area contributed by atoms with Crippen molar-refractivity contribution in [2.45, 2.75) is 13.8 Å². The Morgan fingerprint density at radius 1 is 1.44 bits per heavy atom. The Bertz CT molecular complexity index is 431. The van der Waals surface area contributed by atoms with Gasteiger partial charge in [0.2, 0.25) is 0 Å². The van der Waals surface area contributed by atoms with Gasteiger partial charge in [-0.1, -0.05) is 25.4 Å². The SMILES string of the molecule is CC(C)CN(CC(=O)O)C(=O)c1ccc(Cl)cn1. The van der Waals surface area contributed by atoms with Crippen LogP contribution in [-0.4, -0.2) is 40.0 Å². The molecular formula is C12H15ClN2O3. The number of nitrogens with zero attached hydrogens (tertiary/aromatic N) is 2. The summed E-state index contributed by atoms with van der Waals surface area (Å²) < 4.78 is 0. The molecule has 1 aromatic rings. The predicted octanol–water partition coefficient (Wildman–Crippen LogP) is 1.92. The summed E-state index contributed by atoms with van der Waals surface area (Å²) in [6.45, 7) is 3.87. The monoisotopic (exact) mass is 270 g/mol. The van der Waals surface area contributed by atoms with Crippen LogP contribution in [0.3, 0.4) is 0 Å². The molecule has 6 heteroatoms. The van der Waals surface area contributed by atoms with E-state index in [1.807, 2.05) is 13.8 Å². The van der Waals surface area contributed by atoms with E-state index in [1.54, 1.807) is 6.07 Å². The molecule has 1 amide bonds. The van der Waals surface area contributed by atoms with Crippen LogP contribution in [0.25, 0.3) is 0 Å². The van der Waals surface area contributed by atoms with Gasteiger partial charge in [0.25, 0.3) is 5.91 Å². The van der Waals surface area contributed by atoms with Crippen molar-refractivity contribution in [2.75, 3.05) is 13.1 Å². The van der Waals surface area contributed by atoms with Crippen molar-refractivity contribution >= 4 is 23.5 Å². The molecule has 0 aromatic carbocycles. The van der Waals surface area contributed by atoms with Crippen molar-refractivity contribution in [3.8, 4) is 0 Å². The third-order valence-electron chi connectivity index (χ3n) is 2.15. The van der Waals surface area contributed by atoms with Gasteiger partial charge in [-0.05, 0) is 18.1 Å². The van der Waals surface area contributed by atoms with E-state index in [-0.39, 0.29) is 18.2 Å². The lowest BCUT2D eigenvalue weighted by Gasteiger charge is -2.22. The number of carbonyl (C=O) groups excluding carboxylic acids is 1. The lowest BCUT2D eigenvalue weighted by Crippen LogP contribution is -2.38. The van der Waals surface area contributed by atoms with Crippen LogP contribution in [0.5, 0.6) is 0 Å². The molecule has 18 heavy (non-hydrogen) atoms. The third kappa shape index (κ3) is 4.33. The quantitative estimate of drug-likeness (QED) is 0.887. The minimum Gasteiger partial charge on any atom is -0.480 e. The van der Waals surface area contributed by atoms with Gasteiger partial charge in [0.15, 0.2) is 0 Å². The Hall–Kier alpha value is -1.62. The van der Waals surface area contributed by atoms with E-state index in [0.717, 1.165) is 0 Å².